The lowest BCUT2D eigenvalue weighted by Gasteiger charge is -2.34. The molecule has 1 aliphatic rings. The van der Waals surface area contributed by atoms with E-state index in [1.54, 1.807) is 0 Å². The Morgan fingerprint density at radius 3 is 1.83 bits per heavy atom. The summed E-state index contributed by atoms with van der Waals surface area (Å²) in [5, 5.41) is 28.9. The van der Waals surface area contributed by atoms with Gasteiger partial charge >= 0.3 is 0 Å². The summed E-state index contributed by atoms with van der Waals surface area (Å²) in [6, 6.07) is 0. The van der Waals surface area contributed by atoms with Gasteiger partial charge in [0.25, 0.3) is 0 Å². The molecule has 0 spiro atoms. The van der Waals surface area contributed by atoms with Crippen LogP contribution in [0.4, 0.5) is 0 Å². The molecule has 5 heteroatoms. The monoisotopic (exact) mass is 428 g/mol. The van der Waals surface area contributed by atoms with E-state index in [0.717, 1.165) is 6.42 Å². The maximum atomic E-state index is 9.83. The summed E-state index contributed by atoms with van der Waals surface area (Å²) >= 11 is 0. The van der Waals surface area contributed by atoms with Crippen molar-refractivity contribution >= 4 is 0 Å². The highest BCUT2D eigenvalue weighted by Crippen LogP contribution is 2.16. The van der Waals surface area contributed by atoms with Gasteiger partial charge in [-0.2, -0.15) is 0 Å². The predicted octanol–water partition coefficient (Wildman–Crippen LogP) is 4.91. The normalized spacial score (nSPS) is 24.7. The first-order valence-electron chi connectivity index (χ1n) is 12.5. The summed E-state index contributed by atoms with van der Waals surface area (Å²) in [5.74, 6) is 0. The van der Waals surface area contributed by atoms with Crippen LogP contribution in [0, 0.1) is 0 Å². The van der Waals surface area contributed by atoms with E-state index in [2.05, 4.69) is 13.0 Å². The molecular formula is C25H48O5. The van der Waals surface area contributed by atoms with Gasteiger partial charge in [-0.05, 0) is 12.8 Å². The quantitative estimate of drug-likeness (QED) is 0.201. The smallest absolute Gasteiger partial charge is 0.111 e. The SMILES string of the molecule is CCCCCCCCCCCCCCCC/C=C/COC[C@H]1OC[C@H](O)[C@@H](O)[C@@H]1O. The molecule has 0 aromatic carbocycles. The van der Waals surface area contributed by atoms with E-state index in [0.29, 0.717) is 6.61 Å². The van der Waals surface area contributed by atoms with Gasteiger partial charge in [0.1, 0.15) is 24.4 Å². The van der Waals surface area contributed by atoms with Crippen LogP contribution in [0.15, 0.2) is 12.2 Å². The molecule has 0 aromatic heterocycles. The van der Waals surface area contributed by atoms with Crippen LogP contribution in [0.1, 0.15) is 103 Å². The lowest BCUT2D eigenvalue weighted by Crippen LogP contribution is -2.54. The molecule has 0 aromatic rings. The summed E-state index contributed by atoms with van der Waals surface area (Å²) < 4.78 is 10.8. The molecule has 1 fully saturated rings. The minimum absolute atomic E-state index is 0.0290. The number of rotatable bonds is 19. The summed E-state index contributed by atoms with van der Waals surface area (Å²) in [6.45, 7) is 3.00. The molecular weight excluding hydrogens is 380 g/mol. The van der Waals surface area contributed by atoms with Crippen LogP contribution in [0.25, 0.3) is 0 Å². The lowest BCUT2D eigenvalue weighted by atomic mass is 10.0. The van der Waals surface area contributed by atoms with Crippen molar-refractivity contribution in [3.05, 3.63) is 12.2 Å². The van der Waals surface area contributed by atoms with Crippen molar-refractivity contribution in [2.75, 3.05) is 19.8 Å². The zero-order chi connectivity index (χ0) is 21.9. The van der Waals surface area contributed by atoms with Crippen molar-refractivity contribution in [1.82, 2.24) is 0 Å². The minimum atomic E-state index is -1.16. The van der Waals surface area contributed by atoms with Crippen molar-refractivity contribution in [2.45, 2.75) is 128 Å². The van der Waals surface area contributed by atoms with Gasteiger partial charge in [0.2, 0.25) is 0 Å². The highest BCUT2D eigenvalue weighted by Gasteiger charge is 2.37. The molecule has 1 aliphatic heterocycles. The Bertz CT molecular complexity index is 401. The molecule has 3 N–H and O–H groups in total. The summed E-state index contributed by atoms with van der Waals surface area (Å²) in [7, 11) is 0. The van der Waals surface area contributed by atoms with E-state index in [9.17, 15) is 15.3 Å². The third-order valence-electron chi connectivity index (χ3n) is 5.99. The van der Waals surface area contributed by atoms with Crippen molar-refractivity contribution in [3.63, 3.8) is 0 Å². The number of aliphatic hydroxyl groups excluding tert-OH is 3. The zero-order valence-corrected chi connectivity index (χ0v) is 19.4. The van der Waals surface area contributed by atoms with E-state index in [-0.39, 0.29) is 13.2 Å². The fraction of sp³-hybridized carbons (Fsp3) is 0.920. The second-order valence-electron chi connectivity index (χ2n) is 8.81. The molecule has 0 aliphatic carbocycles. The first kappa shape index (κ1) is 27.6. The van der Waals surface area contributed by atoms with E-state index in [4.69, 9.17) is 9.47 Å². The number of allylic oxidation sites excluding steroid dienone is 1. The van der Waals surface area contributed by atoms with Crippen LogP contribution in [0.5, 0.6) is 0 Å². The summed E-state index contributed by atoms with van der Waals surface area (Å²) in [6.07, 6.45) is 20.7. The minimum Gasteiger partial charge on any atom is -0.388 e. The Labute approximate surface area is 184 Å². The Morgan fingerprint density at radius 1 is 0.733 bits per heavy atom. The molecule has 1 saturated heterocycles. The van der Waals surface area contributed by atoms with Gasteiger partial charge in [0.15, 0.2) is 0 Å². The van der Waals surface area contributed by atoms with Crippen molar-refractivity contribution in [1.29, 1.82) is 0 Å². The summed E-state index contributed by atoms with van der Waals surface area (Å²) in [5.41, 5.74) is 0. The zero-order valence-electron chi connectivity index (χ0n) is 19.4. The van der Waals surface area contributed by atoms with Crippen molar-refractivity contribution in [2.24, 2.45) is 0 Å². The largest absolute Gasteiger partial charge is 0.388 e. The summed E-state index contributed by atoms with van der Waals surface area (Å²) in [4.78, 5) is 0. The van der Waals surface area contributed by atoms with E-state index in [1.165, 1.54) is 89.9 Å². The van der Waals surface area contributed by atoms with Gasteiger partial charge in [0, 0.05) is 0 Å². The first-order valence-corrected chi connectivity index (χ1v) is 12.5. The first-order chi connectivity index (χ1) is 14.7. The fourth-order valence-corrected chi connectivity index (χ4v) is 3.91. The van der Waals surface area contributed by atoms with E-state index in [1.807, 2.05) is 6.08 Å². The number of unbranched alkanes of at least 4 members (excludes halogenated alkanes) is 14. The van der Waals surface area contributed by atoms with Gasteiger partial charge in [-0.1, -0.05) is 103 Å². The second-order valence-corrected chi connectivity index (χ2v) is 8.81. The van der Waals surface area contributed by atoms with Gasteiger partial charge < -0.3 is 24.8 Å². The molecule has 30 heavy (non-hydrogen) atoms. The molecule has 0 saturated carbocycles. The third-order valence-corrected chi connectivity index (χ3v) is 5.99. The molecule has 0 radical (unpaired) electrons. The Morgan fingerprint density at radius 2 is 1.27 bits per heavy atom. The van der Waals surface area contributed by atoms with Gasteiger partial charge in [0.05, 0.1) is 19.8 Å². The van der Waals surface area contributed by atoms with Gasteiger partial charge in [-0.15, -0.1) is 0 Å². The van der Waals surface area contributed by atoms with E-state index >= 15 is 0 Å². The van der Waals surface area contributed by atoms with E-state index < -0.39 is 24.4 Å². The maximum absolute atomic E-state index is 9.83. The topological polar surface area (TPSA) is 79.2 Å². The van der Waals surface area contributed by atoms with Crippen LogP contribution < -0.4 is 0 Å². The Kier molecular flexibility index (Phi) is 17.7. The van der Waals surface area contributed by atoms with Crippen LogP contribution in [-0.4, -0.2) is 59.6 Å². The van der Waals surface area contributed by atoms with Crippen molar-refractivity contribution < 1.29 is 24.8 Å². The standard InChI is InChI=1S/C25H48O5/c1-2-3-4-5-6-7-8-9-10-11-12-13-14-15-16-17-18-19-29-21-23-25(28)24(27)22(26)20-30-23/h17-18,22-28H,2-16,19-21H2,1H3/b18-17+/t22-,23+,24+,25+/m0/s1. The number of aliphatic hydroxyl groups is 3. The van der Waals surface area contributed by atoms with Crippen LogP contribution in [0.2, 0.25) is 0 Å². The molecule has 0 amide bonds. The third kappa shape index (κ3) is 13.8. The molecule has 0 unspecified atom stereocenters. The Hall–Kier alpha value is -0.460. The molecule has 178 valence electrons. The maximum Gasteiger partial charge on any atom is 0.111 e. The molecule has 4 atom stereocenters. The van der Waals surface area contributed by atoms with Gasteiger partial charge in [-0.25, -0.2) is 0 Å². The molecule has 1 rings (SSSR count). The number of hydrogen-bond acceptors (Lipinski definition) is 5. The lowest BCUT2D eigenvalue weighted by molar-refractivity contribution is -0.198. The number of ether oxygens (including phenoxy) is 2. The average Bonchev–Trinajstić information content (AvgIpc) is 2.75. The Balaban J connectivity index is 1.79. The number of hydrogen-bond donors (Lipinski definition) is 3. The van der Waals surface area contributed by atoms with Crippen molar-refractivity contribution in [3.8, 4) is 0 Å². The second kappa shape index (κ2) is 19.2. The highest BCUT2D eigenvalue weighted by atomic mass is 16.6. The molecule has 5 nitrogen and oxygen atoms in total. The molecule has 0 bridgehead atoms. The van der Waals surface area contributed by atoms with Crippen LogP contribution in [-0.2, 0) is 9.47 Å². The van der Waals surface area contributed by atoms with Gasteiger partial charge in [-0.3, -0.25) is 0 Å². The molecule has 1 heterocycles. The van der Waals surface area contributed by atoms with Crippen LogP contribution in [0.3, 0.4) is 0 Å². The highest BCUT2D eigenvalue weighted by molar-refractivity contribution is 4.87. The average molecular weight is 429 g/mol. The fourth-order valence-electron chi connectivity index (χ4n) is 3.91. The predicted molar refractivity (Wildman–Crippen MR) is 123 cm³/mol. The van der Waals surface area contributed by atoms with Crippen LogP contribution >= 0.6 is 0 Å².